The number of carbonyl (C=O) groups is 1. The second kappa shape index (κ2) is 5.83. The van der Waals surface area contributed by atoms with Crippen molar-refractivity contribution in [1.29, 1.82) is 0 Å². The number of likely N-dealkylation sites (tertiary alicyclic amines) is 1. The van der Waals surface area contributed by atoms with Crippen LogP contribution in [0.5, 0.6) is 0 Å². The molecule has 2 saturated heterocycles. The van der Waals surface area contributed by atoms with Crippen molar-refractivity contribution in [2.75, 3.05) is 45.2 Å². The lowest BCUT2D eigenvalue weighted by atomic mass is 9.74. The zero-order valence-corrected chi connectivity index (χ0v) is 13.7. The zero-order valence-electron chi connectivity index (χ0n) is 13.7. The first kappa shape index (κ1) is 15.2. The molecule has 2 aliphatic rings. The van der Waals surface area contributed by atoms with E-state index in [1.165, 1.54) is 0 Å². The van der Waals surface area contributed by atoms with E-state index in [-0.39, 0.29) is 17.4 Å². The van der Waals surface area contributed by atoms with E-state index in [0.29, 0.717) is 0 Å². The molecule has 3 rings (SSSR count). The first-order chi connectivity index (χ1) is 10.6. The molecule has 2 fully saturated rings. The molecule has 3 heterocycles. The minimum Gasteiger partial charge on any atom is -0.348 e. The van der Waals surface area contributed by atoms with Crippen molar-refractivity contribution >= 4 is 11.9 Å². The van der Waals surface area contributed by atoms with E-state index in [9.17, 15) is 4.79 Å². The van der Waals surface area contributed by atoms with Crippen molar-refractivity contribution in [1.82, 2.24) is 19.8 Å². The molecule has 1 aromatic rings. The lowest BCUT2D eigenvalue weighted by Crippen LogP contribution is -2.58. The molecule has 2 aliphatic heterocycles. The SMILES string of the molecule is CCN1C[C@@H]2N(c3ncccn3)CCC[C@]2(C(=O)N(C)C)C1. The fraction of sp³-hybridized carbons (Fsp3) is 0.688. The highest BCUT2D eigenvalue weighted by Gasteiger charge is 2.56. The summed E-state index contributed by atoms with van der Waals surface area (Å²) < 4.78 is 0. The van der Waals surface area contributed by atoms with Gasteiger partial charge >= 0.3 is 0 Å². The predicted molar refractivity (Wildman–Crippen MR) is 85.6 cm³/mol. The minimum atomic E-state index is -0.322. The maximum absolute atomic E-state index is 13.0. The molecule has 22 heavy (non-hydrogen) atoms. The van der Waals surface area contributed by atoms with Gasteiger partial charge in [-0.1, -0.05) is 6.92 Å². The quantitative estimate of drug-likeness (QED) is 0.829. The van der Waals surface area contributed by atoms with Crippen LogP contribution >= 0.6 is 0 Å². The van der Waals surface area contributed by atoms with Crippen LogP contribution in [0.3, 0.4) is 0 Å². The van der Waals surface area contributed by atoms with E-state index < -0.39 is 0 Å². The molecule has 1 aromatic heterocycles. The summed E-state index contributed by atoms with van der Waals surface area (Å²) in [6, 6.07) is 2.00. The van der Waals surface area contributed by atoms with Gasteiger partial charge in [0, 0.05) is 46.1 Å². The largest absolute Gasteiger partial charge is 0.348 e. The van der Waals surface area contributed by atoms with Gasteiger partial charge in [0.1, 0.15) is 0 Å². The Hall–Kier alpha value is -1.69. The Kier molecular flexibility index (Phi) is 4.04. The summed E-state index contributed by atoms with van der Waals surface area (Å²) in [4.78, 5) is 28.2. The molecule has 0 radical (unpaired) electrons. The summed E-state index contributed by atoms with van der Waals surface area (Å²) in [7, 11) is 3.72. The maximum Gasteiger partial charge on any atom is 0.231 e. The molecule has 1 amide bonds. The van der Waals surface area contributed by atoms with Crippen LogP contribution in [-0.2, 0) is 4.79 Å². The number of likely N-dealkylation sites (N-methyl/N-ethyl adjacent to an activating group) is 1. The minimum absolute atomic E-state index is 0.165. The van der Waals surface area contributed by atoms with Gasteiger partial charge in [0.25, 0.3) is 0 Å². The van der Waals surface area contributed by atoms with Crippen LogP contribution in [0.4, 0.5) is 5.95 Å². The number of fused-ring (bicyclic) bond motifs is 1. The predicted octanol–water partition coefficient (Wildman–Crippen LogP) is 0.856. The molecule has 0 aliphatic carbocycles. The number of rotatable bonds is 3. The standard InChI is InChI=1S/C16H25N5O/c1-4-20-11-13-16(12-20,14(22)19(2)3)7-5-10-21(13)15-17-8-6-9-18-15/h6,8-9,13H,4-5,7,10-12H2,1-3H3/t13-,16-/m0/s1. The molecular formula is C16H25N5O. The van der Waals surface area contributed by atoms with Crippen LogP contribution in [0, 0.1) is 5.41 Å². The topological polar surface area (TPSA) is 52.6 Å². The average molecular weight is 303 g/mol. The highest BCUT2D eigenvalue weighted by molar-refractivity contribution is 5.85. The van der Waals surface area contributed by atoms with E-state index in [2.05, 4.69) is 26.7 Å². The monoisotopic (exact) mass is 303 g/mol. The highest BCUT2D eigenvalue weighted by Crippen LogP contribution is 2.43. The van der Waals surface area contributed by atoms with Gasteiger partial charge in [0.05, 0.1) is 11.5 Å². The molecule has 0 N–H and O–H groups in total. The van der Waals surface area contributed by atoms with Crippen molar-refractivity contribution in [2.24, 2.45) is 5.41 Å². The summed E-state index contributed by atoms with van der Waals surface area (Å²) in [5, 5.41) is 0. The van der Waals surface area contributed by atoms with Crippen LogP contribution in [0.25, 0.3) is 0 Å². The molecule has 6 heteroatoms. The number of anilines is 1. The van der Waals surface area contributed by atoms with Gasteiger partial charge in [-0.2, -0.15) is 0 Å². The first-order valence-corrected chi connectivity index (χ1v) is 8.06. The van der Waals surface area contributed by atoms with Gasteiger partial charge in [-0.25, -0.2) is 9.97 Å². The third-order valence-corrected chi connectivity index (χ3v) is 5.06. The Morgan fingerprint density at radius 3 is 2.77 bits per heavy atom. The lowest BCUT2D eigenvalue weighted by molar-refractivity contribution is -0.140. The second-order valence-corrected chi connectivity index (χ2v) is 6.54. The lowest BCUT2D eigenvalue weighted by Gasteiger charge is -2.45. The fourth-order valence-electron chi connectivity index (χ4n) is 4.03. The number of hydrogen-bond donors (Lipinski definition) is 0. The first-order valence-electron chi connectivity index (χ1n) is 8.06. The summed E-state index contributed by atoms with van der Waals surface area (Å²) in [5.74, 6) is 0.996. The molecule has 0 unspecified atom stereocenters. The Labute approximate surface area is 132 Å². The van der Waals surface area contributed by atoms with Crippen LogP contribution in [0.1, 0.15) is 19.8 Å². The van der Waals surface area contributed by atoms with Gasteiger partial charge in [-0.05, 0) is 25.5 Å². The molecule has 2 atom stereocenters. The van der Waals surface area contributed by atoms with E-state index in [4.69, 9.17) is 0 Å². The summed E-state index contributed by atoms with van der Waals surface area (Å²) >= 11 is 0. The summed E-state index contributed by atoms with van der Waals surface area (Å²) in [6.07, 6.45) is 5.51. The molecule has 6 nitrogen and oxygen atoms in total. The van der Waals surface area contributed by atoms with E-state index >= 15 is 0 Å². The number of amides is 1. The third kappa shape index (κ3) is 2.35. The van der Waals surface area contributed by atoms with Crippen molar-refractivity contribution in [3.05, 3.63) is 18.5 Å². The summed E-state index contributed by atoms with van der Waals surface area (Å²) in [6.45, 7) is 5.81. The van der Waals surface area contributed by atoms with Crippen molar-refractivity contribution in [2.45, 2.75) is 25.8 Å². The van der Waals surface area contributed by atoms with Crippen molar-refractivity contribution in [3.8, 4) is 0 Å². The van der Waals surface area contributed by atoms with Gasteiger partial charge in [0.15, 0.2) is 0 Å². The molecule has 0 spiro atoms. The Morgan fingerprint density at radius 1 is 1.41 bits per heavy atom. The van der Waals surface area contributed by atoms with Gasteiger partial charge < -0.3 is 14.7 Å². The van der Waals surface area contributed by atoms with Gasteiger partial charge in [-0.15, -0.1) is 0 Å². The smallest absolute Gasteiger partial charge is 0.231 e. The second-order valence-electron chi connectivity index (χ2n) is 6.54. The number of carbonyl (C=O) groups excluding carboxylic acids is 1. The zero-order chi connectivity index (χ0) is 15.7. The molecule has 0 bridgehead atoms. The maximum atomic E-state index is 13.0. The Morgan fingerprint density at radius 2 is 2.14 bits per heavy atom. The number of nitrogens with zero attached hydrogens (tertiary/aromatic N) is 5. The van der Waals surface area contributed by atoms with Crippen molar-refractivity contribution < 1.29 is 4.79 Å². The normalized spacial score (nSPS) is 28.5. The Balaban J connectivity index is 1.98. The van der Waals surface area contributed by atoms with Gasteiger partial charge in [0.2, 0.25) is 11.9 Å². The van der Waals surface area contributed by atoms with Crippen molar-refractivity contribution in [3.63, 3.8) is 0 Å². The Bertz CT molecular complexity index is 535. The van der Waals surface area contributed by atoms with Gasteiger partial charge in [-0.3, -0.25) is 4.79 Å². The fourth-order valence-corrected chi connectivity index (χ4v) is 4.03. The number of hydrogen-bond acceptors (Lipinski definition) is 5. The van der Waals surface area contributed by atoms with Crippen LogP contribution in [0.2, 0.25) is 0 Å². The molecular weight excluding hydrogens is 278 g/mol. The number of piperidine rings is 1. The average Bonchev–Trinajstić information content (AvgIpc) is 2.94. The third-order valence-electron chi connectivity index (χ3n) is 5.06. The van der Waals surface area contributed by atoms with E-state index in [0.717, 1.165) is 45.0 Å². The number of aromatic nitrogens is 2. The van der Waals surface area contributed by atoms with Crippen LogP contribution in [0.15, 0.2) is 18.5 Å². The van der Waals surface area contributed by atoms with E-state index in [1.807, 2.05) is 20.2 Å². The van der Waals surface area contributed by atoms with E-state index in [1.54, 1.807) is 17.3 Å². The molecule has 120 valence electrons. The molecule has 0 saturated carbocycles. The highest BCUT2D eigenvalue weighted by atomic mass is 16.2. The van der Waals surface area contributed by atoms with Crippen LogP contribution in [-0.4, -0.2) is 72.0 Å². The molecule has 0 aromatic carbocycles. The summed E-state index contributed by atoms with van der Waals surface area (Å²) in [5.41, 5.74) is -0.322. The van der Waals surface area contributed by atoms with Crippen LogP contribution < -0.4 is 4.90 Å².